The Morgan fingerprint density at radius 2 is 1.82 bits per heavy atom. The Kier molecular flexibility index (Phi) is 5.75. The first-order valence-corrected chi connectivity index (χ1v) is 4.13. The Hall–Kier alpha value is -0.630. The van der Waals surface area contributed by atoms with Crippen LogP contribution in [0.2, 0.25) is 0 Å². The van der Waals surface area contributed by atoms with Crippen LogP contribution >= 0.6 is 8.60 Å². The predicted octanol–water partition coefficient (Wildman–Crippen LogP) is 1.72. The summed E-state index contributed by atoms with van der Waals surface area (Å²) >= 11 is 0. The van der Waals surface area contributed by atoms with E-state index in [0.29, 0.717) is 0 Å². The lowest BCUT2D eigenvalue weighted by atomic mass is 10.1. The van der Waals surface area contributed by atoms with Crippen molar-refractivity contribution in [1.29, 1.82) is 0 Å². The quantitative estimate of drug-likeness (QED) is 0.379. The number of hydrogen-bond donors (Lipinski definition) is 2. The van der Waals surface area contributed by atoms with Crippen LogP contribution < -0.4 is 0 Å². The molecule has 0 aromatic rings. The molecule has 0 aromatic heterocycles. The van der Waals surface area contributed by atoms with E-state index in [-0.39, 0.29) is 5.92 Å². The van der Waals surface area contributed by atoms with Gasteiger partial charge in [0.15, 0.2) is 0 Å². The van der Waals surface area contributed by atoms with Crippen molar-refractivity contribution in [2.45, 2.75) is 0 Å². The van der Waals surface area contributed by atoms with Crippen LogP contribution in [0.1, 0.15) is 0 Å². The summed E-state index contributed by atoms with van der Waals surface area (Å²) in [7, 11) is -2.30. The third-order valence-electron chi connectivity index (χ3n) is 1.00. The Labute approximate surface area is 67.3 Å². The monoisotopic (exact) mass is 174 g/mol. The standard InChI is InChI=1S/C7H11O3P/c1-3-7(4-2)5-6-10-11(8)9/h3-9H,1-2H2. The minimum Gasteiger partial charge on any atom is -0.435 e. The van der Waals surface area contributed by atoms with Gasteiger partial charge in [-0.3, -0.25) is 0 Å². The summed E-state index contributed by atoms with van der Waals surface area (Å²) in [5.74, 6) is 0.00458. The molecule has 0 saturated carbocycles. The van der Waals surface area contributed by atoms with Crippen molar-refractivity contribution in [3.8, 4) is 0 Å². The maximum atomic E-state index is 8.31. The molecule has 0 atom stereocenters. The van der Waals surface area contributed by atoms with Crippen LogP contribution in [-0.2, 0) is 4.52 Å². The van der Waals surface area contributed by atoms with E-state index in [9.17, 15) is 0 Å². The topological polar surface area (TPSA) is 49.7 Å². The second-order valence-corrected chi connectivity index (χ2v) is 2.45. The fourth-order valence-electron chi connectivity index (χ4n) is 0.434. The van der Waals surface area contributed by atoms with Gasteiger partial charge < -0.3 is 14.3 Å². The smallest absolute Gasteiger partial charge is 0.390 e. The summed E-state index contributed by atoms with van der Waals surface area (Å²) in [6, 6.07) is 0. The van der Waals surface area contributed by atoms with Gasteiger partial charge >= 0.3 is 8.60 Å². The van der Waals surface area contributed by atoms with Gasteiger partial charge in [0.25, 0.3) is 0 Å². The summed E-state index contributed by atoms with van der Waals surface area (Å²) in [6.45, 7) is 7.06. The fraction of sp³-hybridized carbons (Fsp3) is 0.143. The zero-order valence-electron chi connectivity index (χ0n) is 6.05. The molecule has 0 bridgehead atoms. The van der Waals surface area contributed by atoms with Gasteiger partial charge in [-0.05, 0) is 6.08 Å². The maximum absolute atomic E-state index is 8.31. The van der Waals surface area contributed by atoms with Crippen molar-refractivity contribution in [3.63, 3.8) is 0 Å². The Balaban J connectivity index is 3.70. The summed E-state index contributed by atoms with van der Waals surface area (Å²) in [6.07, 6.45) is 6.15. The van der Waals surface area contributed by atoms with Crippen LogP contribution in [0.3, 0.4) is 0 Å². The Bertz CT molecular complexity index is 146. The first kappa shape index (κ1) is 10.4. The zero-order valence-corrected chi connectivity index (χ0v) is 6.95. The molecule has 3 nitrogen and oxygen atoms in total. The number of allylic oxidation sites excluding steroid dienone is 3. The highest BCUT2D eigenvalue weighted by molar-refractivity contribution is 7.39. The molecule has 4 heteroatoms. The highest BCUT2D eigenvalue weighted by Crippen LogP contribution is 2.24. The zero-order chi connectivity index (χ0) is 8.69. The van der Waals surface area contributed by atoms with Crippen molar-refractivity contribution in [2.75, 3.05) is 0 Å². The third kappa shape index (κ3) is 5.80. The normalized spacial score (nSPS) is 10.9. The lowest BCUT2D eigenvalue weighted by molar-refractivity contribution is 0.341. The summed E-state index contributed by atoms with van der Waals surface area (Å²) in [5.41, 5.74) is 0. The van der Waals surface area contributed by atoms with E-state index in [1.54, 1.807) is 18.2 Å². The van der Waals surface area contributed by atoms with Gasteiger partial charge in [-0.25, -0.2) is 0 Å². The molecule has 0 amide bonds. The lowest BCUT2D eigenvalue weighted by Gasteiger charge is -2.00. The molecule has 0 aliphatic carbocycles. The first-order valence-electron chi connectivity index (χ1n) is 2.97. The van der Waals surface area contributed by atoms with Crippen LogP contribution in [0.4, 0.5) is 0 Å². The maximum Gasteiger partial charge on any atom is 0.390 e. The van der Waals surface area contributed by atoms with E-state index in [1.165, 1.54) is 6.26 Å². The van der Waals surface area contributed by atoms with Crippen LogP contribution in [0.5, 0.6) is 0 Å². The number of hydrogen-bond acceptors (Lipinski definition) is 3. The van der Waals surface area contributed by atoms with E-state index in [0.717, 1.165) is 0 Å². The molecule has 0 fully saturated rings. The van der Waals surface area contributed by atoms with Crippen molar-refractivity contribution >= 4 is 8.60 Å². The predicted molar refractivity (Wildman–Crippen MR) is 45.5 cm³/mol. The van der Waals surface area contributed by atoms with Gasteiger partial charge in [0.1, 0.15) is 0 Å². The van der Waals surface area contributed by atoms with E-state index in [4.69, 9.17) is 9.79 Å². The lowest BCUT2D eigenvalue weighted by Crippen LogP contribution is -1.83. The van der Waals surface area contributed by atoms with Crippen LogP contribution in [0.15, 0.2) is 37.6 Å². The van der Waals surface area contributed by atoms with Gasteiger partial charge in [-0.2, -0.15) is 0 Å². The molecule has 0 radical (unpaired) electrons. The third-order valence-corrected chi connectivity index (χ3v) is 1.31. The second-order valence-electron chi connectivity index (χ2n) is 1.74. The van der Waals surface area contributed by atoms with E-state index in [1.807, 2.05) is 0 Å². The fourth-order valence-corrected chi connectivity index (χ4v) is 0.613. The minimum absolute atomic E-state index is 0.00458. The number of rotatable bonds is 5. The SMILES string of the molecule is C=CC(C=C)C=COP(O)O. The first-order chi connectivity index (χ1) is 5.20. The molecule has 62 valence electrons. The minimum atomic E-state index is -2.30. The van der Waals surface area contributed by atoms with Gasteiger partial charge in [0.2, 0.25) is 0 Å². The van der Waals surface area contributed by atoms with Gasteiger partial charge in [0, 0.05) is 5.92 Å². The largest absolute Gasteiger partial charge is 0.435 e. The van der Waals surface area contributed by atoms with Crippen molar-refractivity contribution < 1.29 is 14.3 Å². The van der Waals surface area contributed by atoms with Gasteiger partial charge in [-0.15, -0.1) is 13.2 Å². The average Bonchev–Trinajstić information content (AvgIpc) is 1.98. The molecular formula is C7H11O3P. The molecule has 0 unspecified atom stereocenters. The molecule has 0 saturated heterocycles. The molecule has 0 aliphatic rings. The molecule has 0 aromatic carbocycles. The van der Waals surface area contributed by atoms with E-state index < -0.39 is 8.60 Å². The molecule has 2 N–H and O–H groups in total. The Morgan fingerprint density at radius 3 is 2.18 bits per heavy atom. The highest BCUT2D eigenvalue weighted by atomic mass is 31.2. The van der Waals surface area contributed by atoms with Crippen molar-refractivity contribution in [2.24, 2.45) is 5.92 Å². The van der Waals surface area contributed by atoms with Crippen LogP contribution in [-0.4, -0.2) is 9.79 Å². The van der Waals surface area contributed by atoms with Crippen molar-refractivity contribution in [1.82, 2.24) is 0 Å². The molecule has 0 rings (SSSR count). The van der Waals surface area contributed by atoms with E-state index >= 15 is 0 Å². The van der Waals surface area contributed by atoms with Gasteiger partial charge in [0.05, 0.1) is 6.26 Å². The van der Waals surface area contributed by atoms with E-state index in [2.05, 4.69) is 17.7 Å². The average molecular weight is 174 g/mol. The van der Waals surface area contributed by atoms with Crippen LogP contribution in [0, 0.1) is 5.92 Å². The molecular weight excluding hydrogens is 163 g/mol. The Morgan fingerprint density at radius 1 is 1.27 bits per heavy atom. The van der Waals surface area contributed by atoms with Gasteiger partial charge in [-0.1, -0.05) is 12.2 Å². The molecule has 11 heavy (non-hydrogen) atoms. The highest BCUT2D eigenvalue weighted by Gasteiger charge is 1.94. The molecule has 0 aliphatic heterocycles. The van der Waals surface area contributed by atoms with Crippen LogP contribution in [0.25, 0.3) is 0 Å². The summed E-state index contributed by atoms with van der Waals surface area (Å²) < 4.78 is 4.38. The van der Waals surface area contributed by atoms with Crippen molar-refractivity contribution in [3.05, 3.63) is 37.6 Å². The molecule has 0 heterocycles. The molecule has 0 spiro atoms. The second kappa shape index (κ2) is 6.10. The summed E-state index contributed by atoms with van der Waals surface area (Å²) in [4.78, 5) is 16.6. The summed E-state index contributed by atoms with van der Waals surface area (Å²) in [5, 5.41) is 0.